The van der Waals surface area contributed by atoms with Crippen LogP contribution in [0.1, 0.15) is 38.1 Å². The summed E-state index contributed by atoms with van der Waals surface area (Å²) in [6.45, 7) is 0. The highest BCUT2D eigenvalue weighted by molar-refractivity contribution is 7.90. The Labute approximate surface area is 215 Å². The number of hydrogen-bond donors (Lipinski definition) is 1. The Balaban J connectivity index is 1.41. The zero-order chi connectivity index (χ0) is 25.6. The van der Waals surface area contributed by atoms with Crippen LogP contribution in [0.5, 0.6) is 0 Å². The van der Waals surface area contributed by atoms with Crippen LogP contribution in [0.4, 0.5) is 0 Å². The lowest BCUT2D eigenvalue weighted by molar-refractivity contribution is 0.283. The van der Waals surface area contributed by atoms with Gasteiger partial charge >= 0.3 is 0 Å². The lowest BCUT2D eigenvalue weighted by atomic mass is 9.84. The number of aromatic nitrogens is 4. The molecule has 3 heterocycles. The van der Waals surface area contributed by atoms with Crippen molar-refractivity contribution in [3.05, 3.63) is 67.0 Å². The zero-order valence-electron chi connectivity index (χ0n) is 20.6. The number of nitrogens with zero attached hydrogens (tertiary/aromatic N) is 4. The third-order valence-corrected chi connectivity index (χ3v) is 8.68. The lowest BCUT2D eigenvalue weighted by Gasteiger charge is -2.30. The van der Waals surface area contributed by atoms with Crippen LogP contribution in [-0.4, -0.2) is 34.2 Å². The average Bonchev–Trinajstić information content (AvgIpc) is 3.54. The number of pyridine rings is 1. The van der Waals surface area contributed by atoms with Gasteiger partial charge in [0.05, 0.1) is 22.7 Å². The van der Waals surface area contributed by atoms with Crippen molar-refractivity contribution in [2.24, 2.45) is 5.92 Å². The topological polar surface area (TPSA) is 104 Å². The number of nitriles is 1. The molecule has 7 nitrogen and oxygen atoms in total. The number of fused-ring (bicyclic) bond motifs is 3. The number of H-pyrrole nitrogens is 1. The molecular weight excluding hydrogens is 482 g/mol. The van der Waals surface area contributed by atoms with Crippen LogP contribution in [0, 0.1) is 17.2 Å². The number of imidazole rings is 1. The Morgan fingerprint density at radius 1 is 0.973 bits per heavy atom. The molecule has 5 aromatic rings. The van der Waals surface area contributed by atoms with E-state index in [2.05, 4.69) is 50.9 Å². The molecule has 0 bridgehead atoms. The fourth-order valence-electron chi connectivity index (χ4n) is 5.59. The predicted octanol–water partition coefficient (Wildman–Crippen LogP) is 6.30. The van der Waals surface area contributed by atoms with Crippen LogP contribution in [0.25, 0.3) is 44.6 Å². The van der Waals surface area contributed by atoms with Crippen LogP contribution in [-0.2, 0) is 9.84 Å². The molecule has 0 spiro atoms. The summed E-state index contributed by atoms with van der Waals surface area (Å²) < 4.78 is 26.0. The van der Waals surface area contributed by atoms with Gasteiger partial charge in [0.15, 0.2) is 9.84 Å². The van der Waals surface area contributed by atoms with Crippen LogP contribution >= 0.6 is 0 Å². The fourth-order valence-corrected chi connectivity index (χ4v) is 6.22. The van der Waals surface area contributed by atoms with Crippen molar-refractivity contribution >= 4 is 31.9 Å². The third-order valence-electron chi connectivity index (χ3n) is 7.55. The van der Waals surface area contributed by atoms with Gasteiger partial charge in [0.2, 0.25) is 0 Å². The van der Waals surface area contributed by atoms with Crippen molar-refractivity contribution in [2.45, 2.75) is 43.0 Å². The van der Waals surface area contributed by atoms with E-state index < -0.39 is 9.84 Å². The molecule has 6 rings (SSSR count). The molecule has 0 aliphatic heterocycles. The van der Waals surface area contributed by atoms with Crippen LogP contribution in [0.3, 0.4) is 0 Å². The van der Waals surface area contributed by atoms with Crippen molar-refractivity contribution < 1.29 is 8.42 Å². The molecule has 1 N–H and O–H groups in total. The van der Waals surface area contributed by atoms with Crippen molar-refractivity contribution in [1.29, 1.82) is 5.26 Å². The van der Waals surface area contributed by atoms with E-state index in [1.54, 1.807) is 12.1 Å². The summed E-state index contributed by atoms with van der Waals surface area (Å²) in [7, 11) is -3.23. The maximum Gasteiger partial charge on any atom is 0.175 e. The minimum absolute atomic E-state index is 0.304. The minimum Gasteiger partial charge on any atom is -0.346 e. The van der Waals surface area contributed by atoms with E-state index in [1.807, 2.05) is 24.5 Å². The van der Waals surface area contributed by atoms with Crippen LogP contribution in [0.2, 0.25) is 0 Å². The average molecular weight is 510 g/mol. The second-order valence-electron chi connectivity index (χ2n) is 9.95. The van der Waals surface area contributed by atoms with E-state index in [4.69, 9.17) is 10.2 Å². The van der Waals surface area contributed by atoms with Gasteiger partial charge in [-0.15, -0.1) is 0 Å². The van der Waals surface area contributed by atoms with Crippen molar-refractivity contribution in [2.75, 3.05) is 6.26 Å². The zero-order valence-corrected chi connectivity index (χ0v) is 21.4. The summed E-state index contributed by atoms with van der Waals surface area (Å²) in [5, 5.41) is 10.2. The second-order valence-corrected chi connectivity index (χ2v) is 12.0. The van der Waals surface area contributed by atoms with Gasteiger partial charge in [-0.05, 0) is 60.9 Å². The highest BCUT2D eigenvalue weighted by Gasteiger charge is 2.27. The molecule has 0 radical (unpaired) electrons. The predicted molar refractivity (Wildman–Crippen MR) is 145 cm³/mol. The van der Waals surface area contributed by atoms with E-state index in [1.165, 1.54) is 6.26 Å². The fraction of sp³-hybridized carbons (Fsp3) is 0.276. The number of hydrogen-bond acceptors (Lipinski definition) is 5. The van der Waals surface area contributed by atoms with Gasteiger partial charge in [-0.3, -0.25) is 0 Å². The van der Waals surface area contributed by atoms with Gasteiger partial charge in [0.25, 0.3) is 0 Å². The molecular formula is C29H27N5O2S. The Hall–Kier alpha value is -3.96. The monoisotopic (exact) mass is 509 g/mol. The van der Waals surface area contributed by atoms with Crippen LogP contribution in [0.15, 0.2) is 71.9 Å². The first-order chi connectivity index (χ1) is 17.9. The van der Waals surface area contributed by atoms with Gasteiger partial charge in [0, 0.05) is 35.9 Å². The van der Waals surface area contributed by atoms with Gasteiger partial charge in [0.1, 0.15) is 17.0 Å². The number of aromatic amines is 1. The normalized spacial score (nSPS) is 18.3. The number of sulfone groups is 1. The molecule has 1 aliphatic rings. The number of rotatable bonds is 5. The van der Waals surface area contributed by atoms with Crippen molar-refractivity contribution in [1.82, 2.24) is 19.5 Å². The second kappa shape index (κ2) is 9.16. The highest BCUT2D eigenvalue weighted by Crippen LogP contribution is 2.40. The summed E-state index contributed by atoms with van der Waals surface area (Å²) in [5.74, 6) is 1.40. The van der Waals surface area contributed by atoms with E-state index in [0.717, 1.165) is 70.3 Å². The maximum absolute atomic E-state index is 11.8. The van der Waals surface area contributed by atoms with E-state index in [0.29, 0.717) is 23.3 Å². The summed E-state index contributed by atoms with van der Waals surface area (Å²) in [5.41, 5.74) is 5.83. The first-order valence-corrected chi connectivity index (χ1v) is 14.4. The summed E-state index contributed by atoms with van der Waals surface area (Å²) >= 11 is 0. The Morgan fingerprint density at radius 2 is 1.62 bits per heavy atom. The minimum atomic E-state index is -3.23. The van der Waals surface area contributed by atoms with E-state index >= 15 is 0 Å². The molecule has 1 aliphatic carbocycles. The molecule has 37 heavy (non-hydrogen) atoms. The Morgan fingerprint density at radius 3 is 2.27 bits per heavy atom. The quantitative estimate of drug-likeness (QED) is 0.300. The molecule has 0 atom stereocenters. The number of benzene rings is 2. The largest absolute Gasteiger partial charge is 0.346 e. The van der Waals surface area contributed by atoms with E-state index in [-0.39, 0.29) is 0 Å². The lowest BCUT2D eigenvalue weighted by Crippen LogP contribution is -2.19. The van der Waals surface area contributed by atoms with Crippen molar-refractivity contribution in [3.63, 3.8) is 0 Å². The summed E-state index contributed by atoms with van der Waals surface area (Å²) in [6, 6.07) is 20.0. The molecule has 186 valence electrons. The molecule has 3 aromatic heterocycles. The molecule has 0 amide bonds. The van der Waals surface area contributed by atoms with Gasteiger partial charge in [-0.2, -0.15) is 5.26 Å². The first-order valence-electron chi connectivity index (χ1n) is 12.5. The number of nitrogens with one attached hydrogen (secondary N) is 1. The summed E-state index contributed by atoms with van der Waals surface area (Å²) in [4.78, 5) is 13.2. The first kappa shape index (κ1) is 23.4. The molecule has 1 fully saturated rings. The Bertz CT molecular complexity index is 1730. The summed E-state index contributed by atoms with van der Waals surface area (Å²) in [6.07, 6.45) is 9.73. The molecule has 0 saturated heterocycles. The highest BCUT2D eigenvalue weighted by atomic mass is 32.2. The third kappa shape index (κ3) is 4.30. The van der Waals surface area contributed by atoms with Crippen molar-refractivity contribution in [3.8, 4) is 28.6 Å². The van der Waals surface area contributed by atoms with Gasteiger partial charge < -0.3 is 9.55 Å². The van der Waals surface area contributed by atoms with E-state index in [9.17, 15) is 8.42 Å². The molecule has 1 saturated carbocycles. The molecule has 0 unspecified atom stereocenters. The molecule has 2 aromatic carbocycles. The molecule has 8 heteroatoms. The maximum atomic E-state index is 11.8. The van der Waals surface area contributed by atoms with Crippen LogP contribution < -0.4 is 0 Å². The van der Waals surface area contributed by atoms with Gasteiger partial charge in [-0.1, -0.05) is 36.4 Å². The Kier molecular flexibility index (Phi) is 5.81. The van der Waals surface area contributed by atoms with Gasteiger partial charge in [-0.25, -0.2) is 18.4 Å². The smallest absolute Gasteiger partial charge is 0.175 e. The standard InChI is InChI=1S/C29H27N5O2S/c1-37(35,36)24-12-8-21(9-13-24)20-4-6-22(7-5-20)29-33-26-18-32-28-25(15-17-31-28)27(26)34(29)23-10-2-19(3-11-23)14-16-30/h4-9,12-13,15,17-19,23H,2-3,10-11,14H2,1H3,(H,31,32)/t19-,23+. The SMILES string of the molecule is CS(=O)(=O)c1ccc(-c2ccc(-c3nc4cnc5[nH]ccc5c4n3[C@H]3CC[C@@H](CC#N)CC3)cc2)cc1.